The number of hydrogen-bond acceptors (Lipinski definition) is 5. The van der Waals surface area contributed by atoms with E-state index in [9.17, 15) is 4.79 Å². The number of hydrogen-bond donors (Lipinski definition) is 1. The molecule has 3 heterocycles. The molecule has 146 valence electrons. The van der Waals surface area contributed by atoms with E-state index in [1.54, 1.807) is 0 Å². The molecule has 29 heavy (non-hydrogen) atoms. The minimum absolute atomic E-state index is 0.209. The van der Waals surface area contributed by atoms with Crippen LogP contribution in [0.25, 0.3) is 11.1 Å². The van der Waals surface area contributed by atoms with Crippen LogP contribution in [0.4, 0.5) is 5.82 Å². The van der Waals surface area contributed by atoms with Gasteiger partial charge in [-0.3, -0.25) is 4.79 Å². The second kappa shape index (κ2) is 6.84. The van der Waals surface area contributed by atoms with Crippen molar-refractivity contribution >= 4 is 22.8 Å². The van der Waals surface area contributed by atoms with E-state index in [1.807, 2.05) is 61.0 Å². The highest BCUT2D eigenvalue weighted by Gasteiger charge is 2.29. The number of pyridine rings is 1. The van der Waals surface area contributed by atoms with Crippen LogP contribution in [0, 0.1) is 13.8 Å². The van der Waals surface area contributed by atoms with Gasteiger partial charge >= 0.3 is 0 Å². The average molecular weight is 387 g/mol. The first kappa shape index (κ1) is 17.6. The molecule has 3 aromatic heterocycles. The number of fused-ring (bicyclic) bond motifs is 1. The van der Waals surface area contributed by atoms with E-state index in [0.29, 0.717) is 40.6 Å². The summed E-state index contributed by atoms with van der Waals surface area (Å²) in [6.45, 7) is 4.32. The summed E-state index contributed by atoms with van der Waals surface area (Å²) in [5, 5.41) is 12.2. The van der Waals surface area contributed by atoms with Crippen LogP contribution in [0.2, 0.25) is 0 Å². The maximum atomic E-state index is 13.2. The molecule has 1 aliphatic carbocycles. The van der Waals surface area contributed by atoms with Gasteiger partial charge in [-0.15, -0.1) is 0 Å². The SMILES string of the molecule is Cc1cc(NC(=O)c2cc(C3CC3)nc3onc(C)c23)n(Cc2ccccc2)n1. The summed E-state index contributed by atoms with van der Waals surface area (Å²) in [4.78, 5) is 17.8. The van der Waals surface area contributed by atoms with Gasteiger partial charge in [0, 0.05) is 17.7 Å². The van der Waals surface area contributed by atoms with Gasteiger partial charge in [0.1, 0.15) is 5.82 Å². The Morgan fingerprint density at radius 1 is 1.21 bits per heavy atom. The zero-order chi connectivity index (χ0) is 20.0. The van der Waals surface area contributed by atoms with Crippen LogP contribution in [0.15, 0.2) is 47.0 Å². The quantitative estimate of drug-likeness (QED) is 0.554. The highest BCUT2D eigenvalue weighted by atomic mass is 16.5. The van der Waals surface area contributed by atoms with E-state index >= 15 is 0 Å². The van der Waals surface area contributed by atoms with Gasteiger partial charge in [-0.25, -0.2) is 9.67 Å². The van der Waals surface area contributed by atoms with Crippen LogP contribution in [-0.2, 0) is 6.54 Å². The van der Waals surface area contributed by atoms with Crippen LogP contribution in [0.3, 0.4) is 0 Å². The van der Waals surface area contributed by atoms with Gasteiger partial charge in [0.05, 0.1) is 28.9 Å². The summed E-state index contributed by atoms with van der Waals surface area (Å²) >= 11 is 0. The molecular weight excluding hydrogens is 366 g/mol. The van der Waals surface area contributed by atoms with E-state index in [1.165, 1.54) is 0 Å². The molecule has 0 aliphatic heterocycles. The lowest BCUT2D eigenvalue weighted by Crippen LogP contribution is -2.17. The van der Waals surface area contributed by atoms with Crippen molar-refractivity contribution in [1.82, 2.24) is 19.9 Å². The van der Waals surface area contributed by atoms with Crippen molar-refractivity contribution in [1.29, 1.82) is 0 Å². The van der Waals surface area contributed by atoms with Crippen LogP contribution in [0.1, 0.15) is 51.8 Å². The molecule has 5 rings (SSSR count). The first-order chi connectivity index (χ1) is 14.1. The zero-order valence-corrected chi connectivity index (χ0v) is 16.3. The first-order valence-electron chi connectivity index (χ1n) is 9.75. The highest BCUT2D eigenvalue weighted by Crippen LogP contribution is 2.40. The maximum Gasteiger partial charge on any atom is 0.259 e. The highest BCUT2D eigenvalue weighted by molar-refractivity contribution is 6.12. The molecule has 1 saturated carbocycles. The standard InChI is InChI=1S/C22H21N5O2/c1-13-10-19(27(25-13)12-15-6-4-3-5-7-15)24-21(28)17-11-18(16-8-9-16)23-22-20(17)14(2)26-29-22/h3-7,10-11,16H,8-9,12H2,1-2H3,(H,24,28). The summed E-state index contributed by atoms with van der Waals surface area (Å²) in [6.07, 6.45) is 2.19. The fraction of sp³-hybridized carbons (Fsp3) is 0.273. The summed E-state index contributed by atoms with van der Waals surface area (Å²) < 4.78 is 7.17. The minimum Gasteiger partial charge on any atom is -0.336 e. The number of carbonyl (C=O) groups excluding carboxylic acids is 1. The van der Waals surface area contributed by atoms with Crippen LogP contribution >= 0.6 is 0 Å². The van der Waals surface area contributed by atoms with Crippen molar-refractivity contribution in [2.75, 3.05) is 5.32 Å². The molecule has 0 atom stereocenters. The van der Waals surface area contributed by atoms with Crippen molar-refractivity contribution in [3.63, 3.8) is 0 Å². The fourth-order valence-corrected chi connectivity index (χ4v) is 3.59. The number of benzene rings is 1. The lowest BCUT2D eigenvalue weighted by Gasteiger charge is -2.10. The van der Waals surface area contributed by atoms with Crippen LogP contribution < -0.4 is 5.32 Å². The number of carbonyl (C=O) groups is 1. The summed E-state index contributed by atoms with van der Waals surface area (Å²) in [7, 11) is 0. The van der Waals surface area contributed by atoms with E-state index in [0.717, 1.165) is 29.8 Å². The van der Waals surface area contributed by atoms with Gasteiger partial charge in [0.25, 0.3) is 11.6 Å². The Balaban J connectivity index is 1.49. The third-order valence-electron chi connectivity index (χ3n) is 5.20. The topological polar surface area (TPSA) is 85.8 Å². The molecule has 1 fully saturated rings. The number of nitrogens with zero attached hydrogens (tertiary/aromatic N) is 4. The number of aryl methyl sites for hydroxylation is 2. The van der Waals surface area contributed by atoms with Crippen molar-refractivity contribution < 1.29 is 9.32 Å². The van der Waals surface area contributed by atoms with Crippen LogP contribution in [-0.4, -0.2) is 25.8 Å². The molecule has 7 heteroatoms. The molecule has 0 unspecified atom stereocenters. The van der Waals surface area contributed by atoms with E-state index in [2.05, 4.69) is 20.6 Å². The largest absolute Gasteiger partial charge is 0.336 e. The lowest BCUT2D eigenvalue weighted by molar-refractivity contribution is 0.102. The lowest BCUT2D eigenvalue weighted by atomic mass is 10.1. The Bertz CT molecular complexity index is 1200. The molecule has 0 radical (unpaired) electrons. The van der Waals surface area contributed by atoms with E-state index in [-0.39, 0.29) is 5.91 Å². The Hall–Kier alpha value is -3.48. The average Bonchev–Trinajstić information content (AvgIpc) is 3.43. The maximum absolute atomic E-state index is 13.2. The molecule has 1 amide bonds. The predicted molar refractivity (Wildman–Crippen MR) is 109 cm³/mol. The van der Waals surface area contributed by atoms with Gasteiger partial charge in [0.15, 0.2) is 0 Å². The summed E-state index contributed by atoms with van der Waals surface area (Å²) in [5.41, 5.74) is 4.48. The van der Waals surface area contributed by atoms with Gasteiger partial charge < -0.3 is 9.84 Å². The Labute approximate surface area is 167 Å². The smallest absolute Gasteiger partial charge is 0.259 e. The van der Waals surface area contributed by atoms with Crippen molar-refractivity contribution in [2.45, 2.75) is 39.2 Å². The molecule has 1 aromatic carbocycles. The molecule has 7 nitrogen and oxygen atoms in total. The molecule has 1 aliphatic rings. The second-order valence-electron chi connectivity index (χ2n) is 7.59. The Kier molecular flexibility index (Phi) is 4.16. The number of rotatable bonds is 5. The predicted octanol–water partition coefficient (Wildman–Crippen LogP) is 4.21. The van der Waals surface area contributed by atoms with Gasteiger partial charge in [-0.2, -0.15) is 5.10 Å². The monoisotopic (exact) mass is 387 g/mol. The van der Waals surface area contributed by atoms with Crippen molar-refractivity contribution in [3.05, 3.63) is 70.7 Å². The summed E-state index contributed by atoms with van der Waals surface area (Å²) in [6, 6.07) is 13.8. The van der Waals surface area contributed by atoms with Gasteiger partial charge in [-0.1, -0.05) is 35.5 Å². The molecule has 1 N–H and O–H groups in total. The number of aromatic nitrogens is 4. The Morgan fingerprint density at radius 2 is 2.00 bits per heavy atom. The summed E-state index contributed by atoms with van der Waals surface area (Å²) in [5.74, 6) is 0.852. The van der Waals surface area contributed by atoms with Gasteiger partial charge in [0.2, 0.25) is 0 Å². The van der Waals surface area contributed by atoms with E-state index < -0.39 is 0 Å². The molecule has 4 aromatic rings. The molecule has 0 spiro atoms. The third kappa shape index (κ3) is 3.40. The van der Waals surface area contributed by atoms with Crippen molar-refractivity contribution in [3.8, 4) is 0 Å². The Morgan fingerprint density at radius 3 is 2.76 bits per heavy atom. The molecule has 0 saturated heterocycles. The molecule has 0 bridgehead atoms. The van der Waals surface area contributed by atoms with E-state index in [4.69, 9.17) is 4.52 Å². The number of amides is 1. The second-order valence-corrected chi connectivity index (χ2v) is 7.59. The normalized spacial score (nSPS) is 13.7. The third-order valence-corrected chi connectivity index (χ3v) is 5.20. The zero-order valence-electron chi connectivity index (χ0n) is 16.3. The van der Waals surface area contributed by atoms with Crippen molar-refractivity contribution in [2.24, 2.45) is 0 Å². The van der Waals surface area contributed by atoms with Crippen LogP contribution in [0.5, 0.6) is 0 Å². The molecular formula is C22H21N5O2. The first-order valence-corrected chi connectivity index (χ1v) is 9.75. The van der Waals surface area contributed by atoms with Gasteiger partial charge in [-0.05, 0) is 38.3 Å². The minimum atomic E-state index is -0.209. The number of anilines is 1. The fourth-order valence-electron chi connectivity index (χ4n) is 3.59. The number of nitrogens with one attached hydrogen (secondary N) is 1.